The molecule has 0 aliphatic carbocycles. The van der Waals surface area contributed by atoms with Crippen molar-refractivity contribution in [3.8, 4) is 0 Å². The number of benzene rings is 1. The number of carbonyl (C=O) groups excluding carboxylic acids is 1. The number of aliphatic hydroxyl groups is 1. The summed E-state index contributed by atoms with van der Waals surface area (Å²) in [7, 11) is 0. The van der Waals surface area contributed by atoms with E-state index in [2.05, 4.69) is 25.2 Å². The lowest BCUT2D eigenvalue weighted by molar-refractivity contribution is -0.134. The molecular weight excluding hydrogens is 451 g/mol. The monoisotopic (exact) mass is 476 g/mol. The molecule has 1 amide bonds. The van der Waals surface area contributed by atoms with Gasteiger partial charge in [0, 0.05) is 40.9 Å². The van der Waals surface area contributed by atoms with Crippen LogP contribution in [-0.4, -0.2) is 50.2 Å². The molecule has 0 saturated carbocycles. The number of nitrogens with two attached hydrogens (primary N) is 1. The van der Waals surface area contributed by atoms with Crippen molar-refractivity contribution in [3.63, 3.8) is 0 Å². The van der Waals surface area contributed by atoms with Crippen LogP contribution in [0.4, 0.5) is 11.5 Å². The van der Waals surface area contributed by atoms with Crippen LogP contribution in [0.3, 0.4) is 0 Å². The van der Waals surface area contributed by atoms with E-state index in [9.17, 15) is 9.90 Å². The normalized spacial score (nSPS) is 19.0. The minimum atomic E-state index is -1.49. The van der Waals surface area contributed by atoms with Gasteiger partial charge in [-0.3, -0.25) is 4.79 Å². The van der Waals surface area contributed by atoms with Crippen LogP contribution in [0.15, 0.2) is 36.8 Å². The van der Waals surface area contributed by atoms with E-state index in [4.69, 9.17) is 28.9 Å². The first-order chi connectivity index (χ1) is 15.1. The van der Waals surface area contributed by atoms with Gasteiger partial charge in [-0.2, -0.15) is 0 Å². The number of primary amides is 1. The highest BCUT2D eigenvalue weighted by molar-refractivity contribution is 6.35. The number of fused-ring (bicyclic) bond motifs is 1. The number of nitrogens with one attached hydrogen (secondary N) is 2. The Morgan fingerprint density at radius 1 is 1.28 bits per heavy atom. The van der Waals surface area contributed by atoms with Gasteiger partial charge < -0.3 is 26.0 Å². The van der Waals surface area contributed by atoms with Crippen LogP contribution in [0.1, 0.15) is 26.7 Å². The predicted octanol–water partition coefficient (Wildman–Crippen LogP) is 3.59. The minimum absolute atomic E-state index is 0.324. The molecule has 10 heteroatoms. The van der Waals surface area contributed by atoms with Crippen molar-refractivity contribution in [3.05, 3.63) is 46.8 Å². The molecule has 1 aromatic carbocycles. The van der Waals surface area contributed by atoms with Gasteiger partial charge >= 0.3 is 0 Å². The topological polar surface area (TPSA) is 120 Å². The molecule has 0 bridgehead atoms. The molecular formula is C22H26Cl2N6O2. The van der Waals surface area contributed by atoms with Gasteiger partial charge in [0.1, 0.15) is 23.3 Å². The molecule has 3 heterocycles. The molecule has 0 spiro atoms. The van der Waals surface area contributed by atoms with Crippen LogP contribution in [0, 0.1) is 5.92 Å². The van der Waals surface area contributed by atoms with Gasteiger partial charge in [-0.1, -0.05) is 23.2 Å². The molecule has 4 rings (SSSR count). The van der Waals surface area contributed by atoms with Crippen molar-refractivity contribution < 1.29 is 9.90 Å². The van der Waals surface area contributed by atoms with E-state index in [1.54, 1.807) is 32.0 Å². The van der Waals surface area contributed by atoms with Crippen molar-refractivity contribution in [1.29, 1.82) is 0 Å². The number of piperidine rings is 1. The van der Waals surface area contributed by atoms with Gasteiger partial charge in [0.15, 0.2) is 0 Å². The highest BCUT2D eigenvalue weighted by Gasteiger charge is 2.55. The lowest BCUT2D eigenvalue weighted by Gasteiger charge is -2.50. The molecule has 170 valence electrons. The molecule has 32 heavy (non-hydrogen) atoms. The highest BCUT2D eigenvalue weighted by atomic mass is 35.5. The van der Waals surface area contributed by atoms with Gasteiger partial charge in [-0.25, -0.2) is 9.97 Å². The Bertz CT molecular complexity index is 1120. The second-order valence-corrected chi connectivity index (χ2v) is 9.61. The van der Waals surface area contributed by atoms with Gasteiger partial charge in [0.05, 0.1) is 11.0 Å². The number of aromatic amines is 1. The Kier molecular flexibility index (Phi) is 5.96. The summed E-state index contributed by atoms with van der Waals surface area (Å²) in [6.07, 6.45) is 4.82. The van der Waals surface area contributed by atoms with Gasteiger partial charge in [-0.05, 0) is 51.0 Å². The number of amides is 1. The maximum Gasteiger partial charge on any atom is 0.246 e. The van der Waals surface area contributed by atoms with Crippen molar-refractivity contribution in [1.82, 2.24) is 15.0 Å². The molecule has 5 N–H and O–H groups in total. The van der Waals surface area contributed by atoms with Crippen LogP contribution in [-0.2, 0) is 4.79 Å². The second kappa shape index (κ2) is 8.42. The van der Waals surface area contributed by atoms with Crippen molar-refractivity contribution in [2.24, 2.45) is 11.7 Å². The smallest absolute Gasteiger partial charge is 0.246 e. The van der Waals surface area contributed by atoms with Gasteiger partial charge in [0.25, 0.3) is 0 Å². The van der Waals surface area contributed by atoms with E-state index in [1.165, 1.54) is 6.33 Å². The largest absolute Gasteiger partial charge is 0.387 e. The van der Waals surface area contributed by atoms with E-state index >= 15 is 0 Å². The van der Waals surface area contributed by atoms with Gasteiger partial charge in [0.2, 0.25) is 5.91 Å². The number of aromatic nitrogens is 3. The molecule has 1 fully saturated rings. The first kappa shape index (κ1) is 22.6. The molecule has 2 aromatic heterocycles. The van der Waals surface area contributed by atoms with Crippen LogP contribution in [0.5, 0.6) is 0 Å². The number of hydrogen-bond donors (Lipinski definition) is 4. The zero-order valence-corrected chi connectivity index (χ0v) is 19.4. The van der Waals surface area contributed by atoms with Crippen molar-refractivity contribution >= 4 is 51.6 Å². The summed E-state index contributed by atoms with van der Waals surface area (Å²) in [5.74, 6) is -0.196. The lowest BCUT2D eigenvalue weighted by Crippen LogP contribution is -2.70. The lowest BCUT2D eigenvalue weighted by atomic mass is 9.68. The van der Waals surface area contributed by atoms with Crippen LogP contribution in [0.25, 0.3) is 11.0 Å². The highest BCUT2D eigenvalue weighted by Crippen LogP contribution is 2.40. The summed E-state index contributed by atoms with van der Waals surface area (Å²) in [6, 6.07) is 6.85. The summed E-state index contributed by atoms with van der Waals surface area (Å²) in [5, 5.41) is 16.2. The fourth-order valence-electron chi connectivity index (χ4n) is 4.81. The average Bonchev–Trinajstić information content (AvgIpc) is 3.19. The molecule has 1 saturated heterocycles. The Morgan fingerprint density at radius 3 is 2.66 bits per heavy atom. The predicted molar refractivity (Wildman–Crippen MR) is 127 cm³/mol. The van der Waals surface area contributed by atoms with E-state index in [-0.39, 0.29) is 5.92 Å². The second-order valence-electron chi connectivity index (χ2n) is 8.74. The molecule has 2 atom stereocenters. The Balaban J connectivity index is 1.75. The zero-order valence-electron chi connectivity index (χ0n) is 17.9. The number of anilines is 2. The Hall–Kier alpha value is -2.55. The molecule has 1 aliphatic heterocycles. The van der Waals surface area contributed by atoms with E-state index in [1.807, 2.05) is 12.3 Å². The quantitative estimate of drug-likeness (QED) is 0.431. The third-order valence-electron chi connectivity index (χ3n) is 6.22. The number of H-pyrrole nitrogens is 1. The maximum absolute atomic E-state index is 13.0. The fourth-order valence-corrected chi connectivity index (χ4v) is 5.33. The molecule has 1 unspecified atom stereocenters. The minimum Gasteiger partial charge on any atom is -0.387 e. The summed E-state index contributed by atoms with van der Waals surface area (Å²) >= 11 is 12.4. The fraction of sp³-hybridized carbons (Fsp3) is 0.409. The van der Waals surface area contributed by atoms with Crippen LogP contribution < -0.4 is 16.0 Å². The van der Waals surface area contributed by atoms with Crippen molar-refractivity contribution in [2.75, 3.05) is 23.3 Å². The van der Waals surface area contributed by atoms with E-state index in [0.717, 1.165) is 29.8 Å². The summed E-state index contributed by atoms with van der Waals surface area (Å²) in [6.45, 7) is 4.40. The summed E-state index contributed by atoms with van der Waals surface area (Å²) in [4.78, 5) is 27.0. The average molecular weight is 477 g/mol. The maximum atomic E-state index is 13.0. The number of halogens is 2. The van der Waals surface area contributed by atoms with E-state index < -0.39 is 17.0 Å². The number of rotatable bonds is 6. The number of hydrogen-bond acceptors (Lipinski definition) is 6. The standard InChI is InChI=1S/C22H26Cl2N6O2/c1-21(2,32)22(20(25)31,29-16-9-14(23)8-15(24)10-16)13-4-3-7-30(11-13)19-17-5-6-26-18(17)27-12-28-19/h5-6,8-10,12-13,29,32H,3-4,7,11H2,1-2H3,(H2,25,31)(H,26,27,28)/t13-,22?/m1/s1. The van der Waals surface area contributed by atoms with Gasteiger partial charge in [-0.15, -0.1) is 0 Å². The zero-order chi connectivity index (χ0) is 23.1. The van der Waals surface area contributed by atoms with Crippen molar-refractivity contribution in [2.45, 2.75) is 37.8 Å². The number of carbonyl (C=O) groups is 1. The molecule has 8 nitrogen and oxygen atoms in total. The third kappa shape index (κ3) is 3.98. The number of nitrogens with zero attached hydrogens (tertiary/aromatic N) is 3. The van der Waals surface area contributed by atoms with Crippen LogP contribution in [0.2, 0.25) is 10.0 Å². The molecule has 3 aromatic rings. The van der Waals surface area contributed by atoms with Crippen LogP contribution >= 0.6 is 23.2 Å². The van der Waals surface area contributed by atoms with E-state index in [0.29, 0.717) is 28.7 Å². The molecule has 1 aliphatic rings. The first-order valence-electron chi connectivity index (χ1n) is 10.4. The Morgan fingerprint density at radius 2 is 2.00 bits per heavy atom. The summed E-state index contributed by atoms with van der Waals surface area (Å²) < 4.78 is 0. The Labute approximate surface area is 196 Å². The molecule has 0 radical (unpaired) electrons. The summed E-state index contributed by atoms with van der Waals surface area (Å²) in [5.41, 5.74) is 4.28. The SMILES string of the molecule is CC(C)(O)C(Nc1cc(Cl)cc(Cl)c1)(C(N)=O)[C@@H]1CCCN(c2ncnc3[nH]ccc23)C1. The third-order valence-corrected chi connectivity index (χ3v) is 6.66. The first-order valence-corrected chi connectivity index (χ1v) is 11.2.